The predicted molar refractivity (Wildman–Crippen MR) is 137 cm³/mol. The number of alkyl halides is 6. The molecule has 0 aliphatic carbocycles. The number of halogens is 6. The van der Waals surface area contributed by atoms with Crippen LogP contribution in [0.15, 0.2) is 36.4 Å². The fourth-order valence-electron chi connectivity index (χ4n) is 3.62. The first-order valence-electron chi connectivity index (χ1n) is 10.9. The maximum absolute atomic E-state index is 12.8. The van der Waals surface area contributed by atoms with Crippen molar-refractivity contribution in [2.75, 3.05) is 0 Å². The van der Waals surface area contributed by atoms with Crippen LogP contribution in [0.3, 0.4) is 0 Å². The number of nitrogens with one attached hydrogen (secondary N) is 2. The Labute approximate surface area is 220 Å². The second kappa shape index (κ2) is 10.3. The van der Waals surface area contributed by atoms with Crippen LogP contribution >= 0.6 is 0 Å². The molecule has 0 bridgehead atoms. The summed E-state index contributed by atoms with van der Waals surface area (Å²) in [4.78, 5) is 11.7. The number of hydrogen-bond donors (Lipinski definition) is 4. The number of benzene rings is 2. The van der Waals surface area contributed by atoms with Gasteiger partial charge < -0.3 is 20.2 Å². The molecule has 0 amide bonds. The van der Waals surface area contributed by atoms with E-state index in [4.69, 9.17) is 13.1 Å². The van der Waals surface area contributed by atoms with E-state index in [2.05, 4.69) is 19.7 Å². The smallest absolute Gasteiger partial charge is 0.375 e. The van der Waals surface area contributed by atoms with Gasteiger partial charge in [0.25, 0.3) is 0 Å². The molecule has 4 rings (SSSR count). The largest absolute Gasteiger partial charge is 0.422 e. The van der Waals surface area contributed by atoms with Crippen LogP contribution in [0.2, 0.25) is 0 Å². The normalized spacial score (nSPS) is 14.8. The fraction of sp³-hybridized carbons (Fsp3) is 0.333. The Kier molecular flexibility index (Phi) is 8.23. The third-order valence-electron chi connectivity index (χ3n) is 6.27. The Hall–Kier alpha value is -4.00. The monoisotopic (exact) mass is 552 g/mol. The molecule has 6 nitrogen and oxygen atoms in total. The number of aliphatic hydroxyl groups is 2. The molecule has 2 heterocycles. The summed E-state index contributed by atoms with van der Waals surface area (Å²) in [5, 5.41) is 20.1. The molecule has 0 saturated heterocycles. The van der Waals surface area contributed by atoms with E-state index in [1.54, 1.807) is 26.0 Å². The molecule has 0 aliphatic heterocycles. The summed E-state index contributed by atoms with van der Waals surface area (Å²) in [5.74, 6) is 0. The average molecular weight is 553 g/mol. The molecule has 0 aliphatic rings. The van der Waals surface area contributed by atoms with Gasteiger partial charge in [0.1, 0.15) is 0 Å². The van der Waals surface area contributed by atoms with E-state index >= 15 is 0 Å². The van der Waals surface area contributed by atoms with Crippen molar-refractivity contribution in [3.05, 3.63) is 81.7 Å². The van der Waals surface area contributed by atoms with Gasteiger partial charge in [-0.2, -0.15) is 26.3 Å². The topological polar surface area (TPSA) is 80.8 Å². The minimum atomic E-state index is -4.77. The van der Waals surface area contributed by atoms with Crippen LogP contribution in [-0.2, 0) is 11.2 Å². The van der Waals surface area contributed by atoms with Gasteiger partial charge in [0.15, 0.2) is 22.6 Å². The molecule has 0 fully saturated rings. The molecule has 2 atom stereocenters. The minimum absolute atomic E-state index is 0. The van der Waals surface area contributed by atoms with Crippen LogP contribution < -0.4 is 0 Å². The highest BCUT2D eigenvalue weighted by Crippen LogP contribution is 2.41. The lowest BCUT2D eigenvalue weighted by molar-refractivity contribution is -0.260. The summed E-state index contributed by atoms with van der Waals surface area (Å²) < 4.78 is 76.5. The number of H-pyrrole nitrogens is 2. The van der Waals surface area contributed by atoms with E-state index in [1.807, 2.05) is 0 Å². The van der Waals surface area contributed by atoms with Gasteiger partial charge in [-0.1, -0.05) is 7.43 Å². The molecule has 0 spiro atoms. The molecule has 12 heteroatoms. The Morgan fingerprint density at radius 2 is 0.949 bits per heavy atom. The molecular formula is C27H26F6N4O2. The van der Waals surface area contributed by atoms with E-state index < -0.39 is 23.6 Å². The quantitative estimate of drug-likeness (QED) is 0.149. The van der Waals surface area contributed by atoms with Crippen molar-refractivity contribution in [3.63, 3.8) is 0 Å². The Bertz CT molecular complexity index is 1480. The zero-order valence-corrected chi connectivity index (χ0v) is 20.5. The van der Waals surface area contributed by atoms with Gasteiger partial charge >= 0.3 is 12.4 Å². The van der Waals surface area contributed by atoms with Crippen LogP contribution in [0.25, 0.3) is 31.5 Å². The van der Waals surface area contributed by atoms with Gasteiger partial charge in [-0.25, -0.2) is 9.69 Å². The summed E-state index contributed by atoms with van der Waals surface area (Å²) in [5.41, 5.74) is -3.54. The highest BCUT2D eigenvalue weighted by Gasteiger charge is 2.53. The Morgan fingerprint density at radius 3 is 1.21 bits per heavy atom. The first-order chi connectivity index (χ1) is 17.3. The summed E-state index contributed by atoms with van der Waals surface area (Å²) in [7, 11) is 0. The number of hydrogen-bond acceptors (Lipinski definition) is 2. The molecule has 2 aromatic heterocycles. The van der Waals surface area contributed by atoms with Gasteiger partial charge in [0.2, 0.25) is 0 Å². The van der Waals surface area contributed by atoms with Crippen molar-refractivity contribution in [2.45, 2.75) is 58.7 Å². The lowest BCUT2D eigenvalue weighted by Crippen LogP contribution is -2.39. The highest BCUT2D eigenvalue weighted by atomic mass is 19.4. The van der Waals surface area contributed by atoms with Crippen LogP contribution in [0.1, 0.15) is 43.8 Å². The average Bonchev–Trinajstić information content (AvgIpc) is 3.40. The number of rotatable bonds is 2. The Balaban J connectivity index is 0.000000267. The lowest BCUT2D eigenvalue weighted by atomic mass is 10.0. The summed E-state index contributed by atoms with van der Waals surface area (Å²) >= 11 is 0. The first kappa shape index (κ1) is 31.2. The van der Waals surface area contributed by atoms with Crippen LogP contribution in [0.5, 0.6) is 0 Å². The number of nitrogens with zero attached hydrogens (tertiary/aromatic N) is 2. The lowest BCUT2D eigenvalue weighted by Gasteiger charge is -2.24. The van der Waals surface area contributed by atoms with Gasteiger partial charge in [0, 0.05) is 11.0 Å². The van der Waals surface area contributed by atoms with Crippen molar-refractivity contribution in [1.82, 2.24) is 9.97 Å². The maximum Gasteiger partial charge on any atom is 0.422 e. The maximum atomic E-state index is 12.8. The number of aromatic nitrogens is 2. The first-order valence-corrected chi connectivity index (χ1v) is 10.9. The molecule has 39 heavy (non-hydrogen) atoms. The molecule has 0 saturated carbocycles. The van der Waals surface area contributed by atoms with E-state index in [-0.39, 0.29) is 18.8 Å². The van der Waals surface area contributed by atoms with Crippen molar-refractivity contribution >= 4 is 33.2 Å². The molecule has 208 valence electrons. The summed E-state index contributed by atoms with van der Waals surface area (Å²) in [6, 6.07) is 8.64. The predicted octanol–water partition coefficient (Wildman–Crippen LogP) is 8.23. The fourth-order valence-corrected chi connectivity index (χ4v) is 3.62. The van der Waals surface area contributed by atoms with E-state index in [1.165, 1.54) is 24.3 Å². The second-order valence-electron chi connectivity index (χ2n) is 9.18. The number of fused-ring (bicyclic) bond motifs is 2. The van der Waals surface area contributed by atoms with Crippen molar-refractivity contribution in [1.29, 1.82) is 0 Å². The van der Waals surface area contributed by atoms with E-state index in [0.717, 1.165) is 0 Å². The van der Waals surface area contributed by atoms with Crippen molar-refractivity contribution in [3.8, 4) is 0 Å². The number of aromatic amines is 2. The van der Waals surface area contributed by atoms with E-state index in [9.17, 15) is 36.6 Å². The SMILES string of the molecule is C.[C-]#[N+]c1cc2cc(C(C)(O)C(F)(F)F)[nH]c2cc1C.[C-]#[N+]c1cc2cc(C(C)(O)C(F)(F)F)[nH]c2cc1C. The van der Waals surface area contributed by atoms with Gasteiger partial charge in [-0.05, 0) is 86.0 Å². The zero-order valence-electron chi connectivity index (χ0n) is 20.5. The third kappa shape index (κ3) is 5.72. The third-order valence-corrected chi connectivity index (χ3v) is 6.27. The highest BCUT2D eigenvalue weighted by molar-refractivity contribution is 5.87. The molecule has 2 unspecified atom stereocenters. The zero-order chi connectivity index (χ0) is 28.8. The van der Waals surface area contributed by atoms with Gasteiger partial charge in [-0.15, -0.1) is 0 Å². The molecule has 2 aromatic carbocycles. The second-order valence-corrected chi connectivity index (χ2v) is 9.18. The van der Waals surface area contributed by atoms with Crippen molar-refractivity contribution in [2.24, 2.45) is 0 Å². The standard InChI is InChI=1S/2C13H11F3N2O.CH4/c2*1-7-4-10-8(5-9(7)17-3)6-11(18-10)12(2,19)13(14,15)16;/h2*4-6,18-19H,1-2H3;1H4. The Morgan fingerprint density at radius 1 is 0.641 bits per heavy atom. The molecular weight excluding hydrogens is 526 g/mol. The van der Waals surface area contributed by atoms with Crippen LogP contribution in [0, 0.1) is 27.0 Å². The van der Waals surface area contributed by atoms with Gasteiger partial charge in [0.05, 0.1) is 24.5 Å². The van der Waals surface area contributed by atoms with Crippen molar-refractivity contribution < 1.29 is 36.6 Å². The number of aryl methyl sites for hydroxylation is 2. The van der Waals surface area contributed by atoms with Crippen LogP contribution in [-0.4, -0.2) is 32.5 Å². The minimum Gasteiger partial charge on any atom is -0.375 e. The summed E-state index contributed by atoms with van der Waals surface area (Å²) in [6.45, 7) is 18.7. The summed E-state index contributed by atoms with van der Waals surface area (Å²) in [6.07, 6.45) is -9.54. The molecule has 4 N–H and O–H groups in total. The van der Waals surface area contributed by atoms with Gasteiger partial charge in [-0.3, -0.25) is 0 Å². The molecule has 0 radical (unpaired) electrons. The van der Waals surface area contributed by atoms with E-state index in [0.29, 0.717) is 58.2 Å². The van der Waals surface area contributed by atoms with Crippen LogP contribution in [0.4, 0.5) is 37.7 Å². The molecule has 4 aromatic rings.